The number of aliphatic imine (C=N–C) groups is 1. The summed E-state index contributed by atoms with van der Waals surface area (Å²) in [5.74, 6) is 1.61. The van der Waals surface area contributed by atoms with Gasteiger partial charge >= 0.3 is 0 Å². The summed E-state index contributed by atoms with van der Waals surface area (Å²) in [5, 5.41) is 7.34. The smallest absolute Gasteiger partial charge is 0.191 e. The van der Waals surface area contributed by atoms with Crippen LogP contribution in [0.3, 0.4) is 0 Å². The van der Waals surface area contributed by atoms with Crippen molar-refractivity contribution in [2.75, 3.05) is 26.7 Å². The molecule has 1 aliphatic carbocycles. The number of rotatable bonds is 3. The van der Waals surface area contributed by atoms with Crippen molar-refractivity contribution >= 4 is 29.9 Å². The Morgan fingerprint density at radius 1 is 1.17 bits per heavy atom. The summed E-state index contributed by atoms with van der Waals surface area (Å²) < 4.78 is 5.89. The molecule has 0 aromatic carbocycles. The Kier molecular flexibility index (Phi) is 6.81. The normalized spacial score (nSPS) is 33.6. The van der Waals surface area contributed by atoms with E-state index in [0.717, 1.165) is 12.6 Å². The summed E-state index contributed by atoms with van der Waals surface area (Å²) in [5.41, 5.74) is 0.194. The molecule has 2 saturated heterocycles. The van der Waals surface area contributed by atoms with Crippen molar-refractivity contribution in [1.82, 2.24) is 15.5 Å². The first kappa shape index (κ1) is 20.2. The number of halogens is 1. The lowest BCUT2D eigenvalue weighted by atomic mass is 9.57. The molecular formula is C18H35IN4O. The molecule has 1 saturated carbocycles. The maximum absolute atomic E-state index is 5.89. The highest BCUT2D eigenvalue weighted by Crippen LogP contribution is 2.52. The fourth-order valence-electron chi connectivity index (χ4n) is 4.69. The van der Waals surface area contributed by atoms with Gasteiger partial charge in [-0.05, 0) is 33.1 Å². The van der Waals surface area contributed by atoms with Crippen LogP contribution in [0.2, 0.25) is 0 Å². The van der Waals surface area contributed by atoms with Crippen LogP contribution in [0.15, 0.2) is 4.99 Å². The quantitative estimate of drug-likeness (QED) is 0.394. The Bertz CT molecular complexity index is 446. The van der Waals surface area contributed by atoms with Gasteiger partial charge in [0.2, 0.25) is 0 Å². The molecule has 0 aromatic heterocycles. The minimum absolute atomic E-state index is 0. The monoisotopic (exact) mass is 450 g/mol. The van der Waals surface area contributed by atoms with E-state index in [-0.39, 0.29) is 29.4 Å². The standard InChI is InChI=1S/C18H34N4O.HI/c1-12(2)22-9-6-13(7-10-22)20-17(19-5)21-15-14-8-11-23-16(14)18(15,3)4;/h12-16H,6-11H2,1-5H3,(H2,19,20,21);1H. The number of nitrogens with zero attached hydrogens (tertiary/aromatic N) is 2. The molecule has 0 aromatic rings. The summed E-state index contributed by atoms with van der Waals surface area (Å²) in [6, 6.07) is 1.66. The molecule has 3 aliphatic rings. The van der Waals surface area contributed by atoms with Crippen molar-refractivity contribution in [3.8, 4) is 0 Å². The van der Waals surface area contributed by atoms with Crippen LogP contribution in [0.25, 0.3) is 0 Å². The minimum Gasteiger partial charge on any atom is -0.377 e. The van der Waals surface area contributed by atoms with Crippen LogP contribution >= 0.6 is 24.0 Å². The average Bonchev–Trinajstić information content (AvgIpc) is 2.98. The number of hydrogen-bond acceptors (Lipinski definition) is 3. The fourth-order valence-corrected chi connectivity index (χ4v) is 4.69. The molecule has 3 rings (SSSR count). The third-order valence-corrected chi connectivity index (χ3v) is 6.22. The molecule has 0 bridgehead atoms. The minimum atomic E-state index is 0. The second-order valence-electron chi connectivity index (χ2n) is 8.31. The van der Waals surface area contributed by atoms with E-state index in [4.69, 9.17) is 4.74 Å². The van der Waals surface area contributed by atoms with Crippen LogP contribution in [-0.4, -0.2) is 61.8 Å². The molecule has 5 nitrogen and oxygen atoms in total. The second-order valence-corrected chi connectivity index (χ2v) is 8.31. The molecule has 0 amide bonds. The second kappa shape index (κ2) is 8.08. The van der Waals surface area contributed by atoms with Gasteiger partial charge in [0, 0.05) is 56.2 Å². The van der Waals surface area contributed by atoms with Crippen molar-refractivity contribution < 1.29 is 4.74 Å². The van der Waals surface area contributed by atoms with Gasteiger partial charge in [-0.15, -0.1) is 24.0 Å². The van der Waals surface area contributed by atoms with Gasteiger partial charge in [0.05, 0.1) is 6.10 Å². The molecular weight excluding hydrogens is 415 g/mol. The van der Waals surface area contributed by atoms with Crippen molar-refractivity contribution in [2.45, 2.75) is 71.2 Å². The van der Waals surface area contributed by atoms with Gasteiger partial charge in [0.1, 0.15) is 0 Å². The summed E-state index contributed by atoms with van der Waals surface area (Å²) in [6.45, 7) is 12.5. The van der Waals surface area contributed by atoms with Crippen LogP contribution in [-0.2, 0) is 4.74 Å². The molecule has 2 N–H and O–H groups in total. The van der Waals surface area contributed by atoms with Crippen LogP contribution in [0.1, 0.15) is 47.0 Å². The zero-order valence-electron chi connectivity index (χ0n) is 15.8. The van der Waals surface area contributed by atoms with E-state index in [0.29, 0.717) is 30.1 Å². The lowest BCUT2D eigenvalue weighted by Crippen LogP contribution is -2.68. The lowest BCUT2D eigenvalue weighted by Gasteiger charge is -2.55. The Hall–Kier alpha value is -0.0800. The molecule has 0 spiro atoms. The van der Waals surface area contributed by atoms with E-state index in [2.05, 4.69) is 48.2 Å². The van der Waals surface area contributed by atoms with Crippen molar-refractivity contribution in [3.05, 3.63) is 0 Å². The molecule has 3 atom stereocenters. The van der Waals surface area contributed by atoms with Gasteiger partial charge in [-0.2, -0.15) is 0 Å². The molecule has 2 aliphatic heterocycles. The first-order valence-electron chi connectivity index (χ1n) is 9.29. The van der Waals surface area contributed by atoms with E-state index in [1.807, 2.05) is 7.05 Å². The van der Waals surface area contributed by atoms with Gasteiger partial charge < -0.3 is 20.3 Å². The predicted molar refractivity (Wildman–Crippen MR) is 110 cm³/mol. The van der Waals surface area contributed by atoms with E-state index in [9.17, 15) is 0 Å². The zero-order valence-corrected chi connectivity index (χ0v) is 18.2. The predicted octanol–water partition coefficient (Wildman–Crippen LogP) is 2.46. The van der Waals surface area contributed by atoms with Crippen LogP contribution in [0.5, 0.6) is 0 Å². The number of guanidine groups is 1. The van der Waals surface area contributed by atoms with Gasteiger partial charge in [0.15, 0.2) is 5.96 Å². The molecule has 0 radical (unpaired) electrons. The van der Waals surface area contributed by atoms with Gasteiger partial charge in [0.25, 0.3) is 0 Å². The molecule has 3 unspecified atom stereocenters. The number of nitrogens with one attached hydrogen (secondary N) is 2. The van der Waals surface area contributed by atoms with Crippen LogP contribution in [0, 0.1) is 11.3 Å². The van der Waals surface area contributed by atoms with E-state index < -0.39 is 0 Å². The average molecular weight is 450 g/mol. The first-order valence-corrected chi connectivity index (χ1v) is 9.29. The van der Waals surface area contributed by atoms with Crippen LogP contribution in [0.4, 0.5) is 0 Å². The molecule has 2 heterocycles. The maximum Gasteiger partial charge on any atom is 0.191 e. The highest BCUT2D eigenvalue weighted by molar-refractivity contribution is 14.0. The summed E-state index contributed by atoms with van der Waals surface area (Å²) in [7, 11) is 1.88. The number of ether oxygens (including phenoxy) is 1. The Labute approximate surface area is 164 Å². The Morgan fingerprint density at radius 3 is 2.42 bits per heavy atom. The summed E-state index contributed by atoms with van der Waals surface area (Å²) >= 11 is 0. The van der Waals surface area contributed by atoms with Crippen molar-refractivity contribution in [2.24, 2.45) is 16.3 Å². The zero-order chi connectivity index (χ0) is 16.6. The highest BCUT2D eigenvalue weighted by atomic mass is 127. The summed E-state index contributed by atoms with van der Waals surface area (Å²) in [6.07, 6.45) is 3.99. The van der Waals surface area contributed by atoms with Gasteiger partial charge in [-0.1, -0.05) is 13.8 Å². The summed E-state index contributed by atoms with van der Waals surface area (Å²) in [4.78, 5) is 7.04. The number of piperidine rings is 1. The van der Waals surface area contributed by atoms with E-state index >= 15 is 0 Å². The third-order valence-electron chi connectivity index (χ3n) is 6.22. The van der Waals surface area contributed by atoms with Crippen molar-refractivity contribution in [3.63, 3.8) is 0 Å². The maximum atomic E-state index is 5.89. The molecule has 3 fully saturated rings. The molecule has 6 heteroatoms. The first-order chi connectivity index (χ1) is 10.9. The van der Waals surface area contributed by atoms with E-state index in [1.165, 1.54) is 32.4 Å². The van der Waals surface area contributed by atoms with E-state index in [1.54, 1.807) is 0 Å². The van der Waals surface area contributed by atoms with Crippen molar-refractivity contribution in [1.29, 1.82) is 0 Å². The van der Waals surface area contributed by atoms with Gasteiger partial charge in [-0.25, -0.2) is 0 Å². The van der Waals surface area contributed by atoms with Crippen LogP contribution < -0.4 is 10.6 Å². The Balaban J connectivity index is 0.00000208. The number of hydrogen-bond donors (Lipinski definition) is 2. The lowest BCUT2D eigenvalue weighted by molar-refractivity contribution is -0.106. The highest BCUT2D eigenvalue weighted by Gasteiger charge is 2.59. The SMILES string of the molecule is CN=C(NC1CCN(C(C)C)CC1)NC1C2CCOC2C1(C)C.I. The number of likely N-dealkylation sites (tertiary alicyclic amines) is 1. The largest absolute Gasteiger partial charge is 0.377 e. The molecule has 24 heavy (non-hydrogen) atoms. The number of fused-ring (bicyclic) bond motifs is 1. The Morgan fingerprint density at radius 2 is 1.83 bits per heavy atom. The molecule has 140 valence electrons. The topological polar surface area (TPSA) is 48.9 Å². The van der Waals surface area contributed by atoms with Gasteiger partial charge in [-0.3, -0.25) is 4.99 Å². The fraction of sp³-hybridized carbons (Fsp3) is 0.944. The third kappa shape index (κ3) is 3.85.